The predicted molar refractivity (Wildman–Crippen MR) is 240 cm³/mol. The topological polar surface area (TPSA) is 227 Å². The number of aryl methyl sites for hydroxylation is 4. The van der Waals surface area contributed by atoms with Crippen molar-refractivity contribution in [3.05, 3.63) is 115 Å². The second kappa shape index (κ2) is 20.2. The van der Waals surface area contributed by atoms with Gasteiger partial charge in [-0.05, 0) is 107 Å². The van der Waals surface area contributed by atoms with E-state index in [9.17, 15) is 41.9 Å². The highest BCUT2D eigenvalue weighted by atomic mass is 35.5. The summed E-state index contributed by atoms with van der Waals surface area (Å²) in [5, 5.41) is 31.9. The summed E-state index contributed by atoms with van der Waals surface area (Å²) in [6.45, 7) is 15.2. The summed E-state index contributed by atoms with van der Waals surface area (Å²) in [6.07, 6.45) is -0.503. The first-order chi connectivity index (χ1) is 28.5. The first-order valence-corrected chi connectivity index (χ1v) is 22.4. The number of halogens is 1. The van der Waals surface area contributed by atoms with Crippen LogP contribution < -0.4 is 16.0 Å². The monoisotopic (exact) mass is 916 g/mol. The molecule has 4 aromatic rings. The summed E-state index contributed by atoms with van der Waals surface area (Å²) in [4.78, 5) is 34.8. The molecule has 21 heteroatoms. The molecule has 0 aromatic heterocycles. The lowest BCUT2D eigenvalue weighted by Gasteiger charge is -2.35. The SMILES string of the molecule is Cc1cc(C)cc(Nc2ccc([N+](=O)[O-])cc2S(=O)(=O)N2CCN(C(=O)OC(C)(C)C)CC2)c1.Cc1cc(C)cc(Nc2ccc([N+](=O)[O-])cc2S(=O)(=O)N2CCNCC2)c1.Cl. The standard InChI is InChI=1S/C23H30N4O6S.C18H22N4O4S.ClH/c1-16-12-17(2)14-18(13-16)24-20-7-6-19(27(29)30)15-21(20)34(31,32)26-10-8-25(9-11-26)22(28)33-23(3,4)5;1-13-9-14(2)11-15(10-13)20-17-4-3-16(22(23)24)12-18(17)27(25,26)21-7-5-19-6-8-21;/h6-7,12-15,24H,8-11H2,1-5H3;3-4,9-12,19-20H,5-8H2,1-2H3;1H. The highest BCUT2D eigenvalue weighted by Crippen LogP contribution is 2.34. The molecule has 336 valence electrons. The van der Waals surface area contributed by atoms with Crippen LogP contribution in [0, 0.1) is 47.9 Å². The van der Waals surface area contributed by atoms with Gasteiger partial charge in [-0.3, -0.25) is 20.2 Å². The van der Waals surface area contributed by atoms with Gasteiger partial charge in [-0.2, -0.15) is 8.61 Å². The fraction of sp³-hybridized carbons (Fsp3) is 0.390. The Morgan fingerprint density at radius 1 is 0.629 bits per heavy atom. The number of piperazine rings is 2. The lowest BCUT2D eigenvalue weighted by Crippen LogP contribution is -2.51. The molecular weight excluding hydrogens is 864 g/mol. The second-order valence-corrected chi connectivity index (χ2v) is 19.7. The highest BCUT2D eigenvalue weighted by Gasteiger charge is 2.35. The van der Waals surface area contributed by atoms with Gasteiger partial charge in [0.15, 0.2) is 0 Å². The molecule has 0 spiro atoms. The molecule has 18 nitrogen and oxygen atoms in total. The molecule has 2 saturated heterocycles. The minimum atomic E-state index is -4.09. The van der Waals surface area contributed by atoms with Crippen LogP contribution >= 0.6 is 12.4 Å². The largest absolute Gasteiger partial charge is 0.444 e. The number of nitro benzene ring substituents is 2. The number of rotatable bonds is 10. The molecule has 2 heterocycles. The first kappa shape index (κ1) is 49.3. The zero-order valence-electron chi connectivity index (χ0n) is 35.6. The number of nitrogens with zero attached hydrogens (tertiary/aromatic N) is 5. The van der Waals surface area contributed by atoms with Gasteiger partial charge in [-0.25, -0.2) is 21.6 Å². The van der Waals surface area contributed by atoms with E-state index in [1.54, 1.807) is 20.8 Å². The Bertz CT molecular complexity index is 2480. The van der Waals surface area contributed by atoms with Gasteiger partial charge in [-0.15, -0.1) is 12.4 Å². The van der Waals surface area contributed by atoms with Gasteiger partial charge in [0, 0.05) is 88.0 Å². The molecule has 2 fully saturated rings. The maximum absolute atomic E-state index is 13.5. The molecule has 3 N–H and O–H groups in total. The molecule has 0 unspecified atom stereocenters. The van der Waals surface area contributed by atoms with Crippen molar-refractivity contribution in [2.24, 2.45) is 0 Å². The number of nitro groups is 2. The van der Waals surface area contributed by atoms with E-state index in [1.165, 1.54) is 37.8 Å². The normalized spacial score (nSPS) is 15.0. The third-order valence-corrected chi connectivity index (χ3v) is 13.4. The molecule has 1 amide bonds. The molecule has 0 bridgehead atoms. The summed E-state index contributed by atoms with van der Waals surface area (Å²) in [7, 11) is -7.95. The molecular formula is C41H53ClN8O10S2. The Kier molecular flexibility index (Phi) is 16.1. The number of amides is 1. The van der Waals surface area contributed by atoms with Gasteiger partial charge in [0.2, 0.25) is 20.0 Å². The third kappa shape index (κ3) is 12.6. The van der Waals surface area contributed by atoms with Gasteiger partial charge < -0.3 is 25.6 Å². The van der Waals surface area contributed by atoms with Crippen LogP contribution in [0.25, 0.3) is 0 Å². The van der Waals surface area contributed by atoms with Crippen molar-refractivity contribution in [1.29, 1.82) is 0 Å². The number of sulfonamides is 2. The zero-order chi connectivity index (χ0) is 44.9. The molecule has 6 rings (SSSR count). The number of carbonyl (C=O) groups is 1. The molecule has 0 saturated carbocycles. The number of anilines is 4. The van der Waals surface area contributed by atoms with E-state index in [-0.39, 0.29) is 65.4 Å². The van der Waals surface area contributed by atoms with Crippen molar-refractivity contribution in [1.82, 2.24) is 18.8 Å². The zero-order valence-corrected chi connectivity index (χ0v) is 38.1. The molecule has 0 atom stereocenters. The quantitative estimate of drug-likeness (QED) is 0.106. The fourth-order valence-electron chi connectivity index (χ4n) is 6.89. The fourth-order valence-corrected chi connectivity index (χ4v) is 10.1. The van der Waals surface area contributed by atoms with Gasteiger partial charge in [0.05, 0.1) is 21.2 Å². The maximum Gasteiger partial charge on any atom is 0.410 e. The van der Waals surface area contributed by atoms with Crippen molar-refractivity contribution < 1.29 is 36.2 Å². The van der Waals surface area contributed by atoms with Gasteiger partial charge in [0.1, 0.15) is 15.4 Å². The third-order valence-electron chi connectivity index (χ3n) is 9.56. The van der Waals surface area contributed by atoms with E-state index < -0.39 is 41.6 Å². The second-order valence-electron chi connectivity index (χ2n) is 15.9. The Balaban J connectivity index is 0.000000275. The molecule has 0 radical (unpaired) electrons. The van der Waals surface area contributed by atoms with Gasteiger partial charge >= 0.3 is 6.09 Å². The lowest BCUT2D eigenvalue weighted by atomic mass is 10.1. The van der Waals surface area contributed by atoms with Crippen molar-refractivity contribution in [3.63, 3.8) is 0 Å². The van der Waals surface area contributed by atoms with E-state index in [0.29, 0.717) is 37.6 Å². The number of carbonyl (C=O) groups excluding carboxylic acids is 1. The van der Waals surface area contributed by atoms with Crippen molar-refractivity contribution in [2.75, 3.05) is 63.0 Å². The van der Waals surface area contributed by atoms with Crippen LogP contribution in [0.5, 0.6) is 0 Å². The highest BCUT2D eigenvalue weighted by molar-refractivity contribution is 7.89. The van der Waals surface area contributed by atoms with Crippen LogP contribution in [0.1, 0.15) is 43.0 Å². The number of benzene rings is 4. The van der Waals surface area contributed by atoms with E-state index >= 15 is 0 Å². The molecule has 2 aliphatic heterocycles. The molecule has 62 heavy (non-hydrogen) atoms. The molecule has 2 aliphatic rings. The number of non-ortho nitro benzene ring substituents is 2. The summed E-state index contributed by atoms with van der Waals surface area (Å²) >= 11 is 0. The van der Waals surface area contributed by atoms with E-state index in [0.717, 1.165) is 40.1 Å². The minimum absolute atomic E-state index is 0. The van der Waals surface area contributed by atoms with Crippen molar-refractivity contribution in [2.45, 2.75) is 63.9 Å². The van der Waals surface area contributed by atoms with Crippen LogP contribution in [0.15, 0.2) is 82.6 Å². The van der Waals surface area contributed by atoms with Crippen LogP contribution in [-0.4, -0.2) is 104 Å². The minimum Gasteiger partial charge on any atom is -0.444 e. The lowest BCUT2D eigenvalue weighted by molar-refractivity contribution is -0.385. The van der Waals surface area contributed by atoms with Crippen LogP contribution in [0.4, 0.5) is 38.9 Å². The summed E-state index contributed by atoms with van der Waals surface area (Å²) in [6, 6.07) is 19.2. The Hall–Kier alpha value is -5.38. The maximum atomic E-state index is 13.5. The summed E-state index contributed by atoms with van der Waals surface area (Å²) in [5.74, 6) is 0. The Morgan fingerprint density at radius 2 is 1.00 bits per heavy atom. The van der Waals surface area contributed by atoms with Crippen LogP contribution in [0.2, 0.25) is 0 Å². The average molecular weight is 918 g/mol. The Labute approximate surface area is 368 Å². The van der Waals surface area contributed by atoms with E-state index in [1.807, 2.05) is 64.1 Å². The predicted octanol–water partition coefficient (Wildman–Crippen LogP) is 7.17. The average Bonchev–Trinajstić information content (AvgIpc) is 3.17. The number of nitrogens with one attached hydrogen (secondary N) is 3. The van der Waals surface area contributed by atoms with Crippen molar-refractivity contribution in [3.8, 4) is 0 Å². The van der Waals surface area contributed by atoms with Crippen LogP contribution in [-0.2, 0) is 24.8 Å². The molecule has 0 aliphatic carbocycles. The molecule has 4 aromatic carbocycles. The van der Waals surface area contributed by atoms with Gasteiger partial charge in [0.25, 0.3) is 11.4 Å². The van der Waals surface area contributed by atoms with Gasteiger partial charge in [-0.1, -0.05) is 12.1 Å². The Morgan fingerprint density at radius 3 is 1.35 bits per heavy atom. The summed E-state index contributed by atoms with van der Waals surface area (Å²) < 4.78 is 61.3. The first-order valence-electron chi connectivity index (χ1n) is 19.5. The number of hydrogen-bond acceptors (Lipinski definition) is 13. The smallest absolute Gasteiger partial charge is 0.410 e. The van der Waals surface area contributed by atoms with Crippen molar-refractivity contribution >= 4 is 72.7 Å². The van der Waals surface area contributed by atoms with E-state index in [2.05, 4.69) is 16.0 Å². The van der Waals surface area contributed by atoms with E-state index in [4.69, 9.17) is 4.74 Å². The van der Waals surface area contributed by atoms with Crippen LogP contribution in [0.3, 0.4) is 0 Å². The summed E-state index contributed by atoms with van der Waals surface area (Å²) in [5.41, 5.74) is 4.80. The number of ether oxygens (including phenoxy) is 1. The number of hydrogen-bond donors (Lipinski definition) is 3.